The Morgan fingerprint density at radius 3 is 2.88 bits per heavy atom. The minimum atomic E-state index is -0.213. The van der Waals surface area contributed by atoms with Crippen LogP contribution in [-0.4, -0.2) is 49.9 Å². The molecular weight excluding hydrogens is 394 g/mol. The summed E-state index contributed by atoms with van der Waals surface area (Å²) >= 11 is 3.43. The van der Waals surface area contributed by atoms with Crippen LogP contribution in [0.15, 0.2) is 28.7 Å². The second-order valence-corrected chi connectivity index (χ2v) is 7.30. The predicted octanol–water partition coefficient (Wildman–Crippen LogP) is 2.29. The normalized spacial score (nSPS) is 23.5. The molecule has 0 spiro atoms. The van der Waals surface area contributed by atoms with Gasteiger partial charge < -0.3 is 15.1 Å². The summed E-state index contributed by atoms with van der Waals surface area (Å²) in [6, 6.07) is 7.67. The maximum atomic E-state index is 12.7. The highest BCUT2D eigenvalue weighted by molar-refractivity contribution is 9.10. The van der Waals surface area contributed by atoms with E-state index in [9.17, 15) is 9.59 Å². The Bertz CT molecular complexity index is 613. The van der Waals surface area contributed by atoms with Crippen LogP contribution in [0.3, 0.4) is 0 Å². The molecule has 5 nitrogen and oxygen atoms in total. The number of nitrogens with one attached hydrogen (secondary N) is 1. The molecule has 2 saturated heterocycles. The van der Waals surface area contributed by atoms with Crippen LogP contribution in [0.4, 0.5) is 5.69 Å². The summed E-state index contributed by atoms with van der Waals surface area (Å²) in [4.78, 5) is 28.7. The summed E-state index contributed by atoms with van der Waals surface area (Å²) in [7, 11) is 1.94. The van der Waals surface area contributed by atoms with Gasteiger partial charge in [-0.1, -0.05) is 22.0 Å². The van der Waals surface area contributed by atoms with E-state index in [0.29, 0.717) is 18.9 Å². The molecule has 1 aromatic rings. The molecular formula is C17H23BrClN3O2. The molecule has 132 valence electrons. The van der Waals surface area contributed by atoms with E-state index in [4.69, 9.17) is 0 Å². The van der Waals surface area contributed by atoms with Crippen LogP contribution in [0.1, 0.15) is 12.8 Å². The molecule has 1 N–H and O–H groups in total. The zero-order valence-electron chi connectivity index (χ0n) is 13.7. The molecule has 2 unspecified atom stereocenters. The molecule has 0 aromatic heterocycles. The van der Waals surface area contributed by atoms with Crippen molar-refractivity contribution in [1.82, 2.24) is 10.2 Å². The number of hydrogen-bond acceptors (Lipinski definition) is 3. The number of nitrogens with zero attached hydrogens (tertiary/aromatic N) is 2. The molecule has 2 aliphatic heterocycles. The summed E-state index contributed by atoms with van der Waals surface area (Å²) in [5.41, 5.74) is 0.856. The molecule has 2 amide bonds. The van der Waals surface area contributed by atoms with Crippen molar-refractivity contribution in [2.45, 2.75) is 12.8 Å². The monoisotopic (exact) mass is 415 g/mol. The number of benzene rings is 1. The zero-order valence-corrected chi connectivity index (χ0v) is 16.1. The second-order valence-electron chi connectivity index (χ2n) is 6.38. The largest absolute Gasteiger partial charge is 0.342 e. The van der Waals surface area contributed by atoms with Crippen LogP contribution in [-0.2, 0) is 9.59 Å². The summed E-state index contributed by atoms with van der Waals surface area (Å²) in [5, 5.41) is 3.17. The fourth-order valence-electron chi connectivity index (χ4n) is 3.51. The van der Waals surface area contributed by atoms with Crippen molar-refractivity contribution in [2.75, 3.05) is 38.1 Å². The van der Waals surface area contributed by atoms with E-state index in [1.807, 2.05) is 36.2 Å². The molecule has 0 aliphatic carbocycles. The first-order chi connectivity index (χ1) is 11.1. The highest BCUT2D eigenvalue weighted by atomic mass is 79.9. The van der Waals surface area contributed by atoms with Gasteiger partial charge in [0.05, 0.1) is 5.92 Å². The van der Waals surface area contributed by atoms with Gasteiger partial charge in [0, 0.05) is 36.2 Å². The summed E-state index contributed by atoms with van der Waals surface area (Å²) in [6.07, 6.45) is 1.36. The van der Waals surface area contributed by atoms with E-state index >= 15 is 0 Å². The lowest BCUT2D eigenvalue weighted by Crippen LogP contribution is -2.36. The van der Waals surface area contributed by atoms with E-state index in [-0.39, 0.29) is 30.1 Å². The zero-order chi connectivity index (χ0) is 16.4. The third kappa shape index (κ3) is 4.10. The van der Waals surface area contributed by atoms with Crippen LogP contribution in [0, 0.1) is 11.8 Å². The molecule has 2 atom stereocenters. The fraction of sp³-hybridized carbons (Fsp3) is 0.529. The molecule has 2 aliphatic rings. The number of rotatable bonds is 4. The summed E-state index contributed by atoms with van der Waals surface area (Å²) < 4.78 is 0.937. The minimum absolute atomic E-state index is 0. The molecule has 2 heterocycles. The van der Waals surface area contributed by atoms with Crippen LogP contribution in [0.5, 0.6) is 0 Å². The Morgan fingerprint density at radius 1 is 1.38 bits per heavy atom. The Morgan fingerprint density at radius 2 is 2.17 bits per heavy atom. The standard InChI is InChI=1S/C17H22BrN3O2.ClH/c1-19-9-12-5-6-20(10-12)17(23)13-7-16(22)21(11-13)15-4-2-3-14(18)8-15;/h2-4,8,12-13,19H,5-7,9-11H2,1H3;1H. The van der Waals surface area contributed by atoms with Gasteiger partial charge in [0.2, 0.25) is 11.8 Å². The van der Waals surface area contributed by atoms with Crippen molar-refractivity contribution in [3.63, 3.8) is 0 Å². The van der Waals surface area contributed by atoms with Crippen molar-refractivity contribution in [1.29, 1.82) is 0 Å². The fourth-order valence-corrected chi connectivity index (χ4v) is 3.90. The van der Waals surface area contributed by atoms with Crippen LogP contribution < -0.4 is 10.2 Å². The van der Waals surface area contributed by atoms with Gasteiger partial charge in [-0.2, -0.15) is 0 Å². The molecule has 1 aromatic carbocycles. The SMILES string of the molecule is CNCC1CCN(C(=O)C2CC(=O)N(c3cccc(Br)c3)C2)C1.Cl. The van der Waals surface area contributed by atoms with Gasteiger partial charge in [-0.3, -0.25) is 9.59 Å². The third-order valence-electron chi connectivity index (χ3n) is 4.68. The van der Waals surface area contributed by atoms with Crippen molar-refractivity contribution >= 4 is 45.8 Å². The maximum absolute atomic E-state index is 12.7. The van der Waals surface area contributed by atoms with E-state index < -0.39 is 0 Å². The van der Waals surface area contributed by atoms with Crippen molar-refractivity contribution in [3.05, 3.63) is 28.7 Å². The highest BCUT2D eigenvalue weighted by Gasteiger charge is 2.38. The van der Waals surface area contributed by atoms with Gasteiger partial charge in [0.15, 0.2) is 0 Å². The van der Waals surface area contributed by atoms with Gasteiger partial charge in [-0.05, 0) is 44.1 Å². The Hall–Kier alpha value is -1.11. The van der Waals surface area contributed by atoms with E-state index in [1.54, 1.807) is 4.90 Å². The molecule has 0 radical (unpaired) electrons. The highest BCUT2D eigenvalue weighted by Crippen LogP contribution is 2.29. The van der Waals surface area contributed by atoms with Crippen LogP contribution >= 0.6 is 28.3 Å². The first kappa shape index (κ1) is 19.2. The molecule has 24 heavy (non-hydrogen) atoms. The topological polar surface area (TPSA) is 52.7 Å². The smallest absolute Gasteiger partial charge is 0.228 e. The Labute approximate surface area is 157 Å². The summed E-state index contributed by atoms with van der Waals surface area (Å²) in [6.45, 7) is 3.05. The van der Waals surface area contributed by atoms with Crippen molar-refractivity contribution in [2.24, 2.45) is 11.8 Å². The summed E-state index contributed by atoms with van der Waals surface area (Å²) in [5.74, 6) is 0.485. The minimum Gasteiger partial charge on any atom is -0.342 e. The molecule has 3 rings (SSSR count). The second kappa shape index (κ2) is 8.32. The third-order valence-corrected chi connectivity index (χ3v) is 5.18. The molecule has 2 fully saturated rings. The van der Waals surface area contributed by atoms with E-state index in [2.05, 4.69) is 21.2 Å². The first-order valence-electron chi connectivity index (χ1n) is 8.08. The average Bonchev–Trinajstić information content (AvgIpc) is 3.14. The van der Waals surface area contributed by atoms with Crippen molar-refractivity contribution in [3.8, 4) is 0 Å². The number of carbonyl (C=O) groups excluding carboxylic acids is 2. The Balaban J connectivity index is 0.00000208. The van der Waals surface area contributed by atoms with E-state index in [1.165, 1.54) is 0 Å². The van der Waals surface area contributed by atoms with Crippen LogP contribution in [0.25, 0.3) is 0 Å². The van der Waals surface area contributed by atoms with Gasteiger partial charge in [-0.25, -0.2) is 0 Å². The lowest BCUT2D eigenvalue weighted by Gasteiger charge is -2.21. The van der Waals surface area contributed by atoms with E-state index in [0.717, 1.165) is 36.2 Å². The first-order valence-corrected chi connectivity index (χ1v) is 8.87. The van der Waals surface area contributed by atoms with Crippen molar-refractivity contribution < 1.29 is 9.59 Å². The molecule has 7 heteroatoms. The quantitative estimate of drug-likeness (QED) is 0.819. The maximum Gasteiger partial charge on any atom is 0.228 e. The lowest BCUT2D eigenvalue weighted by atomic mass is 10.1. The van der Waals surface area contributed by atoms with Crippen LogP contribution in [0.2, 0.25) is 0 Å². The number of likely N-dealkylation sites (tertiary alicyclic amines) is 1. The molecule has 0 bridgehead atoms. The van der Waals surface area contributed by atoms with Gasteiger partial charge >= 0.3 is 0 Å². The number of anilines is 1. The Kier molecular flexibility index (Phi) is 6.66. The number of carbonyl (C=O) groups is 2. The lowest BCUT2D eigenvalue weighted by molar-refractivity contribution is -0.134. The average molecular weight is 417 g/mol. The van der Waals surface area contributed by atoms with Gasteiger partial charge in [0.25, 0.3) is 0 Å². The molecule has 0 saturated carbocycles. The number of hydrogen-bond donors (Lipinski definition) is 1. The number of halogens is 2. The number of amides is 2. The van der Waals surface area contributed by atoms with Gasteiger partial charge in [0.1, 0.15) is 0 Å². The van der Waals surface area contributed by atoms with Gasteiger partial charge in [-0.15, -0.1) is 12.4 Å². The predicted molar refractivity (Wildman–Crippen MR) is 100 cm³/mol.